The molecule has 2 aromatic carbocycles. The van der Waals surface area contributed by atoms with Gasteiger partial charge in [-0.2, -0.15) is 0 Å². The minimum absolute atomic E-state index is 0.0123. The Hall–Kier alpha value is -2.08. The molecule has 6 heteroatoms. The molecule has 2 nitrogen and oxygen atoms in total. The summed E-state index contributed by atoms with van der Waals surface area (Å²) >= 11 is 5.09. The van der Waals surface area contributed by atoms with E-state index in [0.717, 1.165) is 6.07 Å². The van der Waals surface area contributed by atoms with Crippen molar-refractivity contribution in [1.29, 1.82) is 0 Å². The third kappa shape index (κ3) is 2.02. The first-order chi connectivity index (χ1) is 9.58. The molecule has 1 aromatic heterocycles. The number of aromatic amines is 1. The number of fused-ring (bicyclic) bond motifs is 1. The minimum atomic E-state index is -0.994. The van der Waals surface area contributed by atoms with Crippen LogP contribution in [0.1, 0.15) is 5.56 Å². The van der Waals surface area contributed by atoms with Crippen molar-refractivity contribution in [2.75, 3.05) is 0 Å². The van der Waals surface area contributed by atoms with Crippen LogP contribution in [-0.2, 0) is 6.54 Å². The first-order valence-corrected chi connectivity index (χ1v) is 6.28. The smallest absolute Gasteiger partial charge is 0.184 e. The number of hydrogen-bond acceptors (Lipinski definition) is 1. The van der Waals surface area contributed by atoms with Gasteiger partial charge >= 0.3 is 0 Å². The van der Waals surface area contributed by atoms with E-state index in [2.05, 4.69) is 4.98 Å². The lowest BCUT2D eigenvalue weighted by Crippen LogP contribution is -2.03. The zero-order valence-electron chi connectivity index (χ0n) is 10.2. The number of imidazole rings is 1. The summed E-state index contributed by atoms with van der Waals surface area (Å²) in [5, 5.41) is 0. The summed E-state index contributed by atoms with van der Waals surface area (Å²) in [5.41, 5.74) is 0.747. The molecule has 1 heterocycles. The third-order valence-electron chi connectivity index (χ3n) is 3.11. The molecule has 3 aromatic rings. The molecule has 0 radical (unpaired) electrons. The fourth-order valence-corrected chi connectivity index (χ4v) is 2.40. The minimum Gasteiger partial charge on any atom is -0.330 e. The predicted octanol–water partition coefficient (Wildman–Crippen LogP) is 4.16. The Bertz CT molecular complexity index is 851. The van der Waals surface area contributed by atoms with Crippen LogP contribution in [0.4, 0.5) is 13.2 Å². The zero-order chi connectivity index (χ0) is 14.3. The highest BCUT2D eigenvalue weighted by Gasteiger charge is 2.14. The molecule has 0 saturated carbocycles. The van der Waals surface area contributed by atoms with Gasteiger partial charge in [-0.1, -0.05) is 18.2 Å². The van der Waals surface area contributed by atoms with E-state index in [9.17, 15) is 13.2 Å². The Morgan fingerprint density at radius 2 is 1.75 bits per heavy atom. The van der Waals surface area contributed by atoms with Crippen LogP contribution in [0.3, 0.4) is 0 Å². The van der Waals surface area contributed by atoms with Crippen molar-refractivity contribution >= 4 is 23.3 Å². The van der Waals surface area contributed by atoms with Crippen LogP contribution in [0, 0.1) is 22.2 Å². The Balaban J connectivity index is 2.22. The van der Waals surface area contributed by atoms with Gasteiger partial charge in [0.1, 0.15) is 11.3 Å². The maximum atomic E-state index is 13.9. The second-order valence-corrected chi connectivity index (χ2v) is 4.75. The van der Waals surface area contributed by atoms with Crippen LogP contribution < -0.4 is 0 Å². The number of rotatable bonds is 2. The molecule has 102 valence electrons. The Morgan fingerprint density at radius 1 is 1.00 bits per heavy atom. The monoisotopic (exact) mass is 294 g/mol. The van der Waals surface area contributed by atoms with Crippen molar-refractivity contribution in [2.45, 2.75) is 6.54 Å². The molecule has 0 aliphatic rings. The van der Waals surface area contributed by atoms with Crippen LogP contribution in [0.2, 0.25) is 0 Å². The van der Waals surface area contributed by atoms with Gasteiger partial charge in [0.15, 0.2) is 16.4 Å². The molecule has 0 saturated heterocycles. The molecular formula is C14H9F3N2S. The number of benzene rings is 2. The fourth-order valence-electron chi connectivity index (χ4n) is 2.14. The topological polar surface area (TPSA) is 20.7 Å². The molecule has 0 fully saturated rings. The molecule has 0 spiro atoms. The van der Waals surface area contributed by atoms with Gasteiger partial charge in [-0.15, -0.1) is 0 Å². The highest BCUT2D eigenvalue weighted by molar-refractivity contribution is 7.71. The first-order valence-electron chi connectivity index (χ1n) is 5.88. The lowest BCUT2D eigenvalue weighted by Gasteiger charge is -2.06. The van der Waals surface area contributed by atoms with E-state index >= 15 is 0 Å². The molecule has 20 heavy (non-hydrogen) atoms. The summed E-state index contributed by atoms with van der Waals surface area (Å²) in [7, 11) is 0. The van der Waals surface area contributed by atoms with Crippen molar-refractivity contribution < 1.29 is 13.2 Å². The van der Waals surface area contributed by atoms with Gasteiger partial charge in [0.05, 0.1) is 12.1 Å². The number of nitrogens with zero attached hydrogens (tertiary/aromatic N) is 1. The van der Waals surface area contributed by atoms with Crippen LogP contribution in [-0.4, -0.2) is 9.55 Å². The number of aromatic nitrogens is 2. The lowest BCUT2D eigenvalue weighted by atomic mass is 10.2. The van der Waals surface area contributed by atoms with Gasteiger partial charge in [0.2, 0.25) is 0 Å². The number of nitrogens with one attached hydrogen (secondary N) is 1. The van der Waals surface area contributed by atoms with Crippen LogP contribution >= 0.6 is 12.2 Å². The van der Waals surface area contributed by atoms with Gasteiger partial charge in [-0.25, -0.2) is 13.2 Å². The Morgan fingerprint density at radius 3 is 2.50 bits per heavy atom. The van der Waals surface area contributed by atoms with E-state index in [1.807, 2.05) is 0 Å². The second kappa shape index (κ2) is 4.79. The highest BCUT2D eigenvalue weighted by atomic mass is 32.1. The van der Waals surface area contributed by atoms with E-state index in [4.69, 9.17) is 12.2 Å². The van der Waals surface area contributed by atoms with E-state index in [0.29, 0.717) is 11.1 Å². The fraction of sp³-hybridized carbons (Fsp3) is 0.0714. The second-order valence-electron chi connectivity index (χ2n) is 4.37. The predicted molar refractivity (Wildman–Crippen MR) is 72.5 cm³/mol. The normalized spacial score (nSPS) is 11.2. The summed E-state index contributed by atoms with van der Waals surface area (Å²) in [6, 6.07) is 8.55. The van der Waals surface area contributed by atoms with E-state index in [-0.39, 0.29) is 16.8 Å². The molecule has 0 atom stereocenters. The van der Waals surface area contributed by atoms with Crippen molar-refractivity contribution in [1.82, 2.24) is 9.55 Å². The average molecular weight is 294 g/mol. The first kappa shape index (κ1) is 12.9. The molecule has 0 bridgehead atoms. The summed E-state index contributed by atoms with van der Waals surface area (Å²) < 4.78 is 42.5. The third-order valence-corrected chi connectivity index (χ3v) is 3.43. The number of hydrogen-bond donors (Lipinski definition) is 1. The lowest BCUT2D eigenvalue weighted by molar-refractivity contribution is 0.511. The molecule has 0 aliphatic heterocycles. The number of halogens is 3. The molecule has 3 rings (SSSR count). The highest BCUT2D eigenvalue weighted by Crippen LogP contribution is 2.22. The van der Waals surface area contributed by atoms with Gasteiger partial charge in [-0.05, 0) is 30.4 Å². The van der Waals surface area contributed by atoms with E-state index in [1.54, 1.807) is 18.2 Å². The van der Waals surface area contributed by atoms with Gasteiger partial charge < -0.3 is 9.55 Å². The van der Waals surface area contributed by atoms with Crippen molar-refractivity contribution in [3.05, 3.63) is 64.2 Å². The largest absolute Gasteiger partial charge is 0.330 e. The Kier molecular flexibility index (Phi) is 3.10. The van der Waals surface area contributed by atoms with E-state index in [1.165, 1.54) is 16.7 Å². The Labute approximate surface area is 117 Å². The van der Waals surface area contributed by atoms with Crippen molar-refractivity contribution in [3.8, 4) is 0 Å². The zero-order valence-corrected chi connectivity index (χ0v) is 11.0. The van der Waals surface area contributed by atoms with Gasteiger partial charge in [0, 0.05) is 5.56 Å². The standard InChI is InChI=1S/C14H9F3N2S/c15-9-4-2-1-3-8(9)7-19-13-11(18-14(19)20)6-5-10(16)12(13)17/h1-6H,7H2,(H,18,20). The number of H-pyrrole nitrogens is 1. The van der Waals surface area contributed by atoms with Crippen LogP contribution in [0.15, 0.2) is 36.4 Å². The summed E-state index contributed by atoms with van der Waals surface area (Å²) in [6.07, 6.45) is 0. The molecule has 0 amide bonds. The SMILES string of the molecule is Fc1ccccc1Cn1c(=S)[nH]c2ccc(F)c(F)c21. The molecular weight excluding hydrogens is 285 g/mol. The van der Waals surface area contributed by atoms with Crippen LogP contribution in [0.25, 0.3) is 11.0 Å². The average Bonchev–Trinajstić information content (AvgIpc) is 2.74. The van der Waals surface area contributed by atoms with E-state index < -0.39 is 17.5 Å². The van der Waals surface area contributed by atoms with Crippen molar-refractivity contribution in [2.24, 2.45) is 0 Å². The summed E-state index contributed by atoms with van der Waals surface area (Å²) in [4.78, 5) is 2.78. The van der Waals surface area contributed by atoms with Crippen LogP contribution in [0.5, 0.6) is 0 Å². The van der Waals surface area contributed by atoms with Gasteiger partial charge in [-0.3, -0.25) is 0 Å². The maximum absolute atomic E-state index is 13.9. The quantitative estimate of drug-likeness (QED) is 0.704. The molecule has 0 aliphatic carbocycles. The maximum Gasteiger partial charge on any atom is 0.184 e. The molecule has 1 N–H and O–H groups in total. The molecule has 0 unspecified atom stereocenters. The summed E-state index contributed by atoms with van der Waals surface area (Å²) in [5.74, 6) is -2.37. The summed E-state index contributed by atoms with van der Waals surface area (Å²) in [6.45, 7) is 0.0336. The van der Waals surface area contributed by atoms with Gasteiger partial charge in [0.25, 0.3) is 0 Å². The van der Waals surface area contributed by atoms with Crippen molar-refractivity contribution in [3.63, 3.8) is 0 Å².